The number of carbonyl (C=O) groups is 4. The zero-order valence-corrected chi connectivity index (χ0v) is 29.0. The normalized spacial score (nSPS) is 10.5. The van der Waals surface area contributed by atoms with E-state index in [1.54, 1.807) is 24.3 Å². The summed E-state index contributed by atoms with van der Waals surface area (Å²) in [6.45, 7) is 10.4. The molecule has 0 unspecified atom stereocenters. The van der Waals surface area contributed by atoms with Crippen LogP contribution in [0.4, 0.5) is 0 Å². The molecule has 0 aliphatic heterocycles. The van der Waals surface area contributed by atoms with E-state index in [0.29, 0.717) is 49.4 Å². The maximum absolute atomic E-state index is 12.8. The van der Waals surface area contributed by atoms with Crippen LogP contribution in [0.3, 0.4) is 0 Å². The van der Waals surface area contributed by atoms with Crippen molar-refractivity contribution in [1.82, 2.24) is 21.7 Å². The summed E-state index contributed by atoms with van der Waals surface area (Å²) in [5.74, 6) is -1.80. The Morgan fingerprint density at radius 2 is 0.750 bits per heavy atom. The number of rotatable bonds is 22. The van der Waals surface area contributed by atoms with E-state index >= 15 is 0 Å². The largest absolute Gasteiger partial charge is 0.490 e. The lowest BCUT2D eigenvalue weighted by atomic mass is 10.2. The predicted octanol–water partition coefficient (Wildman–Crippen LogP) is 6.18. The van der Waals surface area contributed by atoms with Gasteiger partial charge in [0.25, 0.3) is 11.8 Å². The zero-order valence-electron chi connectivity index (χ0n) is 29.0. The molecule has 0 fully saturated rings. The average Bonchev–Trinajstić information content (AvgIpc) is 3.10. The lowest BCUT2D eigenvalue weighted by Gasteiger charge is -2.15. The van der Waals surface area contributed by atoms with E-state index in [9.17, 15) is 19.2 Å². The fourth-order valence-corrected chi connectivity index (χ4v) is 4.38. The van der Waals surface area contributed by atoms with Crippen LogP contribution in [0.2, 0.25) is 0 Å². The Hall–Kier alpha value is -4.48. The minimum atomic E-state index is -1.19. The van der Waals surface area contributed by atoms with Crippen LogP contribution in [0.5, 0.6) is 23.0 Å². The third-order valence-electron chi connectivity index (χ3n) is 7.22. The summed E-state index contributed by atoms with van der Waals surface area (Å²) in [5, 5.41) is 0. The van der Waals surface area contributed by atoms with Gasteiger partial charge < -0.3 is 18.9 Å². The molecular weight excluding hydrogens is 616 g/mol. The first-order chi connectivity index (χ1) is 23.3. The SMILES string of the molecule is CCCCCOc1ccc(C(=O)NNC(=O)C(=O)NNC(=O)c2ccc(OCCCCC)c(OCCCCC)c2)cc1OCCCCC. The second-order valence-electron chi connectivity index (χ2n) is 11.4. The number of ether oxygens (including phenoxy) is 4. The molecule has 0 bridgehead atoms. The number of nitrogens with one attached hydrogen (secondary N) is 4. The minimum absolute atomic E-state index is 0.195. The summed E-state index contributed by atoms with van der Waals surface area (Å²) in [4.78, 5) is 50.3. The first-order valence-electron chi connectivity index (χ1n) is 17.3. The molecular formula is C36H54N4O8. The third-order valence-corrected chi connectivity index (χ3v) is 7.22. The number of benzene rings is 2. The van der Waals surface area contributed by atoms with Crippen LogP contribution in [0.15, 0.2) is 36.4 Å². The van der Waals surface area contributed by atoms with Crippen LogP contribution in [0, 0.1) is 0 Å². The van der Waals surface area contributed by atoms with E-state index in [2.05, 4.69) is 49.4 Å². The Labute approximate surface area is 284 Å². The fraction of sp³-hybridized carbons (Fsp3) is 0.556. The Morgan fingerprint density at radius 1 is 0.438 bits per heavy atom. The number of unbranched alkanes of at least 4 members (excludes halogenated alkanes) is 8. The molecule has 0 radical (unpaired) electrons. The van der Waals surface area contributed by atoms with Crippen molar-refractivity contribution in [2.75, 3.05) is 26.4 Å². The van der Waals surface area contributed by atoms with Crippen LogP contribution in [0.1, 0.15) is 125 Å². The molecule has 0 spiro atoms. The highest BCUT2D eigenvalue weighted by Gasteiger charge is 2.19. The molecule has 0 atom stereocenters. The van der Waals surface area contributed by atoms with Crippen molar-refractivity contribution in [1.29, 1.82) is 0 Å². The standard InChI is InChI=1S/C36H54N4O8/c1-5-9-13-21-45-29-19-17-27(25-31(29)47-23-15-11-7-3)33(41)37-39-35(43)36(44)40-38-34(42)28-18-20-30(46-22-14-10-6-2)32(26-28)48-24-16-12-8-4/h17-20,25-26H,5-16,21-24H2,1-4H3,(H,37,41)(H,38,42)(H,39,43)(H,40,44). The van der Waals surface area contributed by atoms with Gasteiger partial charge in [0.2, 0.25) is 0 Å². The molecule has 0 aliphatic carbocycles. The third kappa shape index (κ3) is 15.0. The van der Waals surface area contributed by atoms with E-state index in [1.165, 1.54) is 12.1 Å². The number of hydrogen-bond acceptors (Lipinski definition) is 8. The Kier molecular flexibility index (Phi) is 19.7. The van der Waals surface area contributed by atoms with Gasteiger partial charge in [0.1, 0.15) is 0 Å². The van der Waals surface area contributed by atoms with Crippen LogP contribution >= 0.6 is 0 Å². The number of amides is 4. The van der Waals surface area contributed by atoms with Crippen molar-refractivity contribution in [3.05, 3.63) is 47.5 Å². The quantitative estimate of drug-likeness (QED) is 0.0658. The van der Waals surface area contributed by atoms with Gasteiger partial charge in [-0.1, -0.05) is 79.1 Å². The van der Waals surface area contributed by atoms with Crippen molar-refractivity contribution >= 4 is 23.6 Å². The molecule has 0 saturated heterocycles. The Balaban J connectivity index is 1.94. The van der Waals surface area contributed by atoms with Crippen molar-refractivity contribution in [3.8, 4) is 23.0 Å². The maximum atomic E-state index is 12.8. The predicted molar refractivity (Wildman–Crippen MR) is 184 cm³/mol. The van der Waals surface area contributed by atoms with Gasteiger partial charge in [-0.25, -0.2) is 0 Å². The van der Waals surface area contributed by atoms with Gasteiger partial charge in [-0.15, -0.1) is 0 Å². The molecule has 4 N–H and O–H groups in total. The minimum Gasteiger partial charge on any atom is -0.490 e. The van der Waals surface area contributed by atoms with E-state index in [0.717, 1.165) is 77.0 Å². The summed E-state index contributed by atoms with van der Waals surface area (Å²) in [6, 6.07) is 9.44. The molecule has 2 rings (SSSR count). The number of carbonyl (C=O) groups excluding carboxylic acids is 4. The molecule has 0 aromatic heterocycles. The highest BCUT2D eigenvalue weighted by molar-refractivity contribution is 6.35. The molecule has 0 aliphatic rings. The van der Waals surface area contributed by atoms with Crippen molar-refractivity contribution in [2.24, 2.45) is 0 Å². The highest BCUT2D eigenvalue weighted by Crippen LogP contribution is 2.30. The molecule has 12 heteroatoms. The maximum Gasteiger partial charge on any atom is 0.329 e. The van der Waals surface area contributed by atoms with Gasteiger partial charge in [-0.2, -0.15) is 0 Å². The van der Waals surface area contributed by atoms with Crippen LogP contribution in [0.25, 0.3) is 0 Å². The average molecular weight is 671 g/mol. The van der Waals surface area contributed by atoms with Crippen LogP contribution in [-0.2, 0) is 9.59 Å². The second kappa shape index (κ2) is 23.8. The first kappa shape index (κ1) is 39.7. The second-order valence-corrected chi connectivity index (χ2v) is 11.4. The molecule has 4 amide bonds. The molecule has 0 saturated carbocycles. The van der Waals surface area contributed by atoms with Gasteiger partial charge in [0.15, 0.2) is 23.0 Å². The number of hydrazine groups is 2. The van der Waals surface area contributed by atoms with Crippen LogP contribution in [-0.4, -0.2) is 50.1 Å². The lowest BCUT2D eigenvalue weighted by molar-refractivity contribution is -0.140. The topological polar surface area (TPSA) is 153 Å². The van der Waals surface area contributed by atoms with E-state index in [-0.39, 0.29) is 11.1 Å². The van der Waals surface area contributed by atoms with Crippen molar-refractivity contribution in [2.45, 2.75) is 105 Å². The van der Waals surface area contributed by atoms with Crippen molar-refractivity contribution in [3.63, 3.8) is 0 Å². The zero-order chi connectivity index (χ0) is 35.0. The number of hydrogen-bond donors (Lipinski definition) is 4. The summed E-state index contributed by atoms with van der Waals surface area (Å²) in [6.07, 6.45) is 11.8. The summed E-state index contributed by atoms with van der Waals surface area (Å²) in [5.41, 5.74) is 8.92. The molecule has 48 heavy (non-hydrogen) atoms. The monoisotopic (exact) mass is 670 g/mol. The summed E-state index contributed by atoms with van der Waals surface area (Å²) >= 11 is 0. The van der Waals surface area contributed by atoms with E-state index in [4.69, 9.17) is 18.9 Å². The van der Waals surface area contributed by atoms with E-state index in [1.807, 2.05) is 0 Å². The molecule has 266 valence electrons. The van der Waals surface area contributed by atoms with Crippen LogP contribution < -0.4 is 40.7 Å². The van der Waals surface area contributed by atoms with Gasteiger partial charge in [0.05, 0.1) is 26.4 Å². The smallest absolute Gasteiger partial charge is 0.329 e. The summed E-state index contributed by atoms with van der Waals surface area (Å²) in [7, 11) is 0. The first-order valence-corrected chi connectivity index (χ1v) is 17.3. The Bertz CT molecular complexity index is 1190. The molecule has 0 heterocycles. The van der Waals surface area contributed by atoms with Crippen molar-refractivity contribution < 1.29 is 38.1 Å². The molecule has 2 aromatic carbocycles. The highest BCUT2D eigenvalue weighted by atomic mass is 16.5. The molecule has 12 nitrogen and oxygen atoms in total. The van der Waals surface area contributed by atoms with E-state index < -0.39 is 23.6 Å². The van der Waals surface area contributed by atoms with Gasteiger partial charge >= 0.3 is 11.8 Å². The Morgan fingerprint density at radius 3 is 1.06 bits per heavy atom. The summed E-state index contributed by atoms with van der Waals surface area (Å²) < 4.78 is 23.5. The van der Waals surface area contributed by atoms with Gasteiger partial charge in [-0.05, 0) is 62.1 Å². The lowest BCUT2D eigenvalue weighted by Crippen LogP contribution is -2.52. The fourth-order valence-electron chi connectivity index (χ4n) is 4.38. The van der Waals surface area contributed by atoms with Gasteiger partial charge in [-0.3, -0.25) is 40.9 Å². The molecule has 2 aromatic rings. The van der Waals surface area contributed by atoms with Gasteiger partial charge in [0, 0.05) is 11.1 Å².